The fourth-order valence-electron chi connectivity index (χ4n) is 1.28. The third kappa shape index (κ3) is 3.23. The molecule has 0 aliphatic carbocycles. The molecule has 0 aliphatic rings. The minimum absolute atomic E-state index is 0.549. The summed E-state index contributed by atoms with van der Waals surface area (Å²) in [7, 11) is 2.06. The average molecular weight is 199 g/mol. The van der Waals surface area contributed by atoms with Crippen molar-refractivity contribution in [2.45, 2.75) is 13.8 Å². The first-order valence-corrected chi connectivity index (χ1v) is 4.80. The summed E-state index contributed by atoms with van der Waals surface area (Å²) in [6.07, 6.45) is 1.73. The van der Waals surface area contributed by atoms with Crippen LogP contribution in [0.4, 0.5) is 5.69 Å². The Kier molecular flexibility index (Phi) is 3.55. The van der Waals surface area contributed by atoms with E-state index in [0.29, 0.717) is 11.1 Å². The summed E-state index contributed by atoms with van der Waals surface area (Å²) >= 11 is 5.79. The van der Waals surface area contributed by atoms with Crippen molar-refractivity contribution in [2.75, 3.05) is 18.5 Å². The molecule has 1 aromatic rings. The van der Waals surface area contributed by atoms with Gasteiger partial charge in [-0.1, -0.05) is 25.4 Å². The third-order valence-electron chi connectivity index (χ3n) is 1.79. The van der Waals surface area contributed by atoms with E-state index in [-0.39, 0.29) is 0 Å². The molecule has 0 bridgehead atoms. The van der Waals surface area contributed by atoms with Crippen molar-refractivity contribution >= 4 is 17.3 Å². The average Bonchev–Trinajstić information content (AvgIpc) is 2.03. The molecular weight excluding hydrogens is 184 g/mol. The molecule has 0 atom stereocenters. The van der Waals surface area contributed by atoms with Crippen LogP contribution >= 0.6 is 11.6 Å². The van der Waals surface area contributed by atoms with Crippen molar-refractivity contribution < 1.29 is 0 Å². The number of anilines is 1. The first-order valence-electron chi connectivity index (χ1n) is 4.42. The maximum absolute atomic E-state index is 5.79. The highest BCUT2D eigenvalue weighted by molar-refractivity contribution is 6.29. The number of halogens is 1. The molecule has 0 amide bonds. The van der Waals surface area contributed by atoms with Gasteiger partial charge in [0.1, 0.15) is 5.15 Å². The molecule has 0 saturated carbocycles. The van der Waals surface area contributed by atoms with Crippen LogP contribution < -0.4 is 4.90 Å². The second-order valence-electron chi connectivity index (χ2n) is 3.61. The Hall–Kier alpha value is -0.760. The van der Waals surface area contributed by atoms with Gasteiger partial charge in [-0.3, -0.25) is 0 Å². The monoisotopic (exact) mass is 198 g/mol. The van der Waals surface area contributed by atoms with Gasteiger partial charge in [-0.25, -0.2) is 4.98 Å². The van der Waals surface area contributed by atoms with E-state index in [4.69, 9.17) is 11.6 Å². The van der Waals surface area contributed by atoms with Gasteiger partial charge in [-0.2, -0.15) is 0 Å². The smallest absolute Gasteiger partial charge is 0.131 e. The number of hydrogen-bond donors (Lipinski definition) is 0. The van der Waals surface area contributed by atoms with E-state index in [2.05, 4.69) is 30.8 Å². The van der Waals surface area contributed by atoms with Gasteiger partial charge < -0.3 is 4.90 Å². The summed E-state index contributed by atoms with van der Waals surface area (Å²) in [6.45, 7) is 5.42. The molecule has 1 aromatic heterocycles. The highest BCUT2D eigenvalue weighted by Gasteiger charge is 2.03. The maximum Gasteiger partial charge on any atom is 0.131 e. The predicted octanol–water partition coefficient (Wildman–Crippen LogP) is 2.83. The van der Waals surface area contributed by atoms with Crippen molar-refractivity contribution in [1.29, 1.82) is 0 Å². The largest absolute Gasteiger partial charge is 0.374 e. The number of rotatable bonds is 3. The number of pyridine rings is 1. The Labute approximate surface area is 84.5 Å². The van der Waals surface area contributed by atoms with Gasteiger partial charge >= 0.3 is 0 Å². The molecule has 13 heavy (non-hydrogen) atoms. The van der Waals surface area contributed by atoms with Crippen LogP contribution in [0, 0.1) is 5.92 Å². The van der Waals surface area contributed by atoms with Crippen molar-refractivity contribution in [1.82, 2.24) is 4.98 Å². The standard InChI is InChI=1S/C10H15ClN2/c1-8(2)7-13(3)9-4-5-12-10(11)6-9/h4-6,8H,7H2,1-3H3. The fraction of sp³-hybridized carbons (Fsp3) is 0.500. The van der Waals surface area contributed by atoms with Crippen LogP contribution in [-0.4, -0.2) is 18.6 Å². The first-order chi connectivity index (χ1) is 6.09. The Morgan fingerprint density at radius 1 is 1.54 bits per heavy atom. The van der Waals surface area contributed by atoms with Crippen LogP contribution in [0.15, 0.2) is 18.3 Å². The first kappa shape index (κ1) is 10.3. The quantitative estimate of drug-likeness (QED) is 0.695. The van der Waals surface area contributed by atoms with E-state index < -0.39 is 0 Å². The lowest BCUT2D eigenvalue weighted by Gasteiger charge is -2.21. The van der Waals surface area contributed by atoms with E-state index in [1.165, 1.54) is 0 Å². The summed E-state index contributed by atoms with van der Waals surface area (Å²) in [5, 5.41) is 0.549. The second kappa shape index (κ2) is 4.47. The molecule has 0 aliphatic heterocycles. The van der Waals surface area contributed by atoms with Gasteiger partial charge in [0.2, 0.25) is 0 Å². The number of hydrogen-bond acceptors (Lipinski definition) is 2. The predicted molar refractivity (Wildman–Crippen MR) is 57.4 cm³/mol. The zero-order valence-corrected chi connectivity index (χ0v) is 9.04. The lowest BCUT2D eigenvalue weighted by atomic mass is 10.2. The molecule has 3 heteroatoms. The molecular formula is C10H15ClN2. The molecule has 0 radical (unpaired) electrons. The van der Waals surface area contributed by atoms with Crippen LogP contribution in [0.1, 0.15) is 13.8 Å². The molecule has 0 N–H and O–H groups in total. The van der Waals surface area contributed by atoms with E-state index in [0.717, 1.165) is 12.2 Å². The molecule has 0 saturated heterocycles. The second-order valence-corrected chi connectivity index (χ2v) is 4.00. The van der Waals surface area contributed by atoms with E-state index in [9.17, 15) is 0 Å². The zero-order chi connectivity index (χ0) is 9.84. The van der Waals surface area contributed by atoms with Crippen LogP contribution in [0.2, 0.25) is 5.15 Å². The summed E-state index contributed by atoms with van der Waals surface area (Å²) in [4.78, 5) is 6.12. The molecule has 72 valence electrons. The van der Waals surface area contributed by atoms with Gasteiger partial charge in [0.25, 0.3) is 0 Å². The highest BCUT2D eigenvalue weighted by atomic mass is 35.5. The molecule has 0 fully saturated rings. The summed E-state index contributed by atoms with van der Waals surface area (Å²) in [5.41, 5.74) is 1.12. The topological polar surface area (TPSA) is 16.1 Å². The molecule has 0 aromatic carbocycles. The zero-order valence-electron chi connectivity index (χ0n) is 8.29. The minimum Gasteiger partial charge on any atom is -0.374 e. The van der Waals surface area contributed by atoms with Crippen molar-refractivity contribution in [3.63, 3.8) is 0 Å². The Morgan fingerprint density at radius 2 is 2.23 bits per heavy atom. The maximum atomic E-state index is 5.79. The van der Waals surface area contributed by atoms with Crippen molar-refractivity contribution in [3.8, 4) is 0 Å². The van der Waals surface area contributed by atoms with Crippen LogP contribution in [0.25, 0.3) is 0 Å². The number of nitrogens with zero attached hydrogens (tertiary/aromatic N) is 2. The van der Waals surface area contributed by atoms with Gasteiger partial charge in [0.05, 0.1) is 0 Å². The minimum atomic E-state index is 0.549. The summed E-state index contributed by atoms with van der Waals surface area (Å²) < 4.78 is 0. The molecule has 0 spiro atoms. The van der Waals surface area contributed by atoms with E-state index in [1.54, 1.807) is 6.20 Å². The lowest BCUT2D eigenvalue weighted by molar-refractivity contribution is 0.638. The Balaban J connectivity index is 2.71. The highest BCUT2D eigenvalue weighted by Crippen LogP contribution is 2.16. The van der Waals surface area contributed by atoms with Gasteiger partial charge in [0.15, 0.2) is 0 Å². The van der Waals surface area contributed by atoms with Gasteiger partial charge in [-0.05, 0) is 18.1 Å². The molecule has 1 rings (SSSR count). The van der Waals surface area contributed by atoms with E-state index >= 15 is 0 Å². The molecule has 1 heterocycles. The normalized spacial score (nSPS) is 10.5. The summed E-state index contributed by atoms with van der Waals surface area (Å²) in [5.74, 6) is 0.650. The van der Waals surface area contributed by atoms with Crippen molar-refractivity contribution in [2.24, 2.45) is 5.92 Å². The van der Waals surface area contributed by atoms with Crippen LogP contribution in [-0.2, 0) is 0 Å². The third-order valence-corrected chi connectivity index (χ3v) is 2.00. The van der Waals surface area contributed by atoms with Crippen LogP contribution in [0.3, 0.4) is 0 Å². The Bertz CT molecular complexity index is 273. The van der Waals surface area contributed by atoms with Gasteiger partial charge in [0, 0.05) is 25.5 Å². The van der Waals surface area contributed by atoms with Crippen LogP contribution in [0.5, 0.6) is 0 Å². The Morgan fingerprint density at radius 3 is 2.77 bits per heavy atom. The fourth-order valence-corrected chi connectivity index (χ4v) is 1.45. The van der Waals surface area contributed by atoms with Gasteiger partial charge in [-0.15, -0.1) is 0 Å². The van der Waals surface area contributed by atoms with Crippen molar-refractivity contribution in [3.05, 3.63) is 23.5 Å². The SMILES string of the molecule is CC(C)CN(C)c1ccnc(Cl)c1. The molecule has 0 unspecified atom stereocenters. The summed E-state index contributed by atoms with van der Waals surface area (Å²) in [6, 6.07) is 3.85. The molecule has 2 nitrogen and oxygen atoms in total. The van der Waals surface area contributed by atoms with E-state index in [1.807, 2.05) is 12.1 Å². The number of aromatic nitrogens is 1. The lowest BCUT2D eigenvalue weighted by Crippen LogP contribution is -2.22.